The molecule has 0 aliphatic carbocycles. The molecular weight excluding hydrogens is 330 g/mol. The first-order chi connectivity index (χ1) is 12.8. The Morgan fingerprint density at radius 2 is 2.31 bits per heavy atom. The highest BCUT2D eigenvalue weighted by Gasteiger charge is 2.25. The fraction of sp³-hybridized carbons (Fsp3) is 0.421. The minimum Gasteiger partial charge on any atom is -0.441 e. The van der Waals surface area contributed by atoms with Crippen molar-refractivity contribution in [3.05, 3.63) is 48.4 Å². The van der Waals surface area contributed by atoms with E-state index >= 15 is 0 Å². The highest BCUT2D eigenvalue weighted by atomic mass is 16.3. The molecule has 26 heavy (non-hydrogen) atoms. The Labute approximate surface area is 151 Å². The predicted molar refractivity (Wildman–Crippen MR) is 97.9 cm³/mol. The van der Waals surface area contributed by atoms with Gasteiger partial charge in [0.05, 0.1) is 0 Å². The second-order valence-electron chi connectivity index (χ2n) is 6.67. The maximum atomic E-state index is 12.4. The number of aromatic amines is 1. The first-order valence-corrected chi connectivity index (χ1v) is 9.16. The van der Waals surface area contributed by atoms with Crippen molar-refractivity contribution in [1.29, 1.82) is 0 Å². The molecule has 3 heterocycles. The van der Waals surface area contributed by atoms with Gasteiger partial charge in [-0.05, 0) is 31.4 Å². The molecule has 7 nitrogen and oxygen atoms in total. The van der Waals surface area contributed by atoms with E-state index in [1.165, 1.54) is 0 Å². The molecule has 136 valence electrons. The molecule has 1 fully saturated rings. The zero-order valence-electron chi connectivity index (χ0n) is 14.6. The van der Waals surface area contributed by atoms with Crippen LogP contribution in [-0.2, 0) is 6.42 Å². The number of hydrogen-bond donors (Lipinski definition) is 2. The van der Waals surface area contributed by atoms with Crippen LogP contribution in [0.4, 0.5) is 4.79 Å². The molecule has 0 radical (unpaired) electrons. The second-order valence-corrected chi connectivity index (χ2v) is 6.67. The summed E-state index contributed by atoms with van der Waals surface area (Å²) in [5, 5.41) is 3.01. The Bertz CT molecular complexity index is 825. The predicted octanol–water partition coefficient (Wildman–Crippen LogP) is 3.07. The summed E-state index contributed by atoms with van der Waals surface area (Å²) < 4.78 is 5.70. The largest absolute Gasteiger partial charge is 0.441 e. The van der Waals surface area contributed by atoms with Gasteiger partial charge in [-0.3, -0.25) is 0 Å². The van der Waals surface area contributed by atoms with Gasteiger partial charge in [0.2, 0.25) is 0 Å². The van der Waals surface area contributed by atoms with Crippen molar-refractivity contribution in [2.45, 2.75) is 31.6 Å². The van der Waals surface area contributed by atoms with Crippen LogP contribution < -0.4 is 5.32 Å². The summed E-state index contributed by atoms with van der Waals surface area (Å²) in [4.78, 5) is 26.2. The normalized spacial score (nSPS) is 17.5. The van der Waals surface area contributed by atoms with E-state index in [1.807, 2.05) is 35.4 Å². The number of likely N-dealkylation sites (tertiary alicyclic amines) is 1. The van der Waals surface area contributed by atoms with Crippen LogP contribution in [-0.4, -0.2) is 45.5 Å². The Kier molecular flexibility index (Phi) is 4.86. The van der Waals surface area contributed by atoms with Crippen LogP contribution in [0.5, 0.6) is 0 Å². The van der Waals surface area contributed by atoms with Gasteiger partial charge in [0.25, 0.3) is 0 Å². The number of para-hydroxylation sites is 2. The smallest absolute Gasteiger partial charge is 0.317 e. The number of oxazole rings is 1. The first kappa shape index (κ1) is 16.6. The third-order valence-corrected chi connectivity index (χ3v) is 4.80. The van der Waals surface area contributed by atoms with Gasteiger partial charge in [0, 0.05) is 44.4 Å². The lowest BCUT2D eigenvalue weighted by atomic mass is 9.98. The van der Waals surface area contributed by atoms with Crippen LogP contribution in [0.2, 0.25) is 0 Å². The summed E-state index contributed by atoms with van der Waals surface area (Å²) in [6, 6.07) is 7.74. The van der Waals surface area contributed by atoms with Crippen LogP contribution in [0.25, 0.3) is 11.1 Å². The van der Waals surface area contributed by atoms with Gasteiger partial charge >= 0.3 is 6.03 Å². The van der Waals surface area contributed by atoms with Gasteiger partial charge in [0.1, 0.15) is 11.3 Å². The zero-order valence-corrected chi connectivity index (χ0v) is 14.6. The number of nitrogens with zero attached hydrogens (tertiary/aromatic N) is 3. The molecule has 2 amide bonds. The molecule has 0 spiro atoms. The van der Waals surface area contributed by atoms with Crippen molar-refractivity contribution in [3.8, 4) is 0 Å². The maximum absolute atomic E-state index is 12.4. The number of imidazole rings is 1. The van der Waals surface area contributed by atoms with E-state index in [0.717, 1.165) is 48.6 Å². The molecule has 1 saturated heterocycles. The van der Waals surface area contributed by atoms with Crippen LogP contribution >= 0.6 is 0 Å². The molecule has 3 aromatic rings. The lowest BCUT2D eigenvalue weighted by Crippen LogP contribution is -2.45. The van der Waals surface area contributed by atoms with Gasteiger partial charge in [-0.1, -0.05) is 12.1 Å². The minimum atomic E-state index is -0.00109. The quantitative estimate of drug-likeness (QED) is 0.690. The molecule has 2 aromatic heterocycles. The number of urea groups is 1. The number of carbonyl (C=O) groups excluding carboxylic acids is 1. The molecule has 0 saturated carbocycles. The summed E-state index contributed by atoms with van der Waals surface area (Å²) in [6.07, 6.45) is 7.18. The highest BCUT2D eigenvalue weighted by Crippen LogP contribution is 2.24. The molecule has 0 unspecified atom stereocenters. The topological polar surface area (TPSA) is 87.1 Å². The molecule has 1 aromatic carbocycles. The summed E-state index contributed by atoms with van der Waals surface area (Å²) in [5.41, 5.74) is 1.69. The lowest BCUT2D eigenvalue weighted by molar-refractivity contribution is 0.178. The molecular formula is C19H23N5O2. The van der Waals surface area contributed by atoms with Crippen molar-refractivity contribution < 1.29 is 9.21 Å². The molecule has 1 aliphatic heterocycles. The SMILES string of the molecule is O=C(NCCCc1nc2ccccc2o1)N1CCC[C@@H](c2ncc[nH]2)C1. The average Bonchev–Trinajstić information content (AvgIpc) is 3.34. The third-order valence-electron chi connectivity index (χ3n) is 4.80. The fourth-order valence-corrected chi connectivity index (χ4v) is 3.46. The van der Waals surface area contributed by atoms with Crippen molar-refractivity contribution in [1.82, 2.24) is 25.2 Å². The first-order valence-electron chi connectivity index (χ1n) is 9.16. The van der Waals surface area contributed by atoms with Crippen molar-refractivity contribution in [2.75, 3.05) is 19.6 Å². The number of amides is 2. The van der Waals surface area contributed by atoms with E-state index in [2.05, 4.69) is 20.3 Å². The van der Waals surface area contributed by atoms with Crippen LogP contribution in [0.15, 0.2) is 41.1 Å². The molecule has 0 bridgehead atoms. The summed E-state index contributed by atoms with van der Waals surface area (Å²) in [5.74, 6) is 1.99. The second kappa shape index (κ2) is 7.59. The van der Waals surface area contributed by atoms with Crippen molar-refractivity contribution in [3.63, 3.8) is 0 Å². The van der Waals surface area contributed by atoms with Gasteiger partial charge in [0.15, 0.2) is 11.5 Å². The number of H-pyrrole nitrogens is 1. The number of rotatable bonds is 5. The van der Waals surface area contributed by atoms with E-state index in [1.54, 1.807) is 6.20 Å². The highest BCUT2D eigenvalue weighted by molar-refractivity contribution is 5.74. The Morgan fingerprint density at radius 3 is 3.15 bits per heavy atom. The minimum absolute atomic E-state index is 0.00109. The van der Waals surface area contributed by atoms with Gasteiger partial charge in [-0.15, -0.1) is 0 Å². The monoisotopic (exact) mass is 353 g/mol. The van der Waals surface area contributed by atoms with E-state index in [0.29, 0.717) is 25.4 Å². The van der Waals surface area contributed by atoms with E-state index in [9.17, 15) is 4.79 Å². The number of fused-ring (bicyclic) bond motifs is 1. The third kappa shape index (κ3) is 3.71. The van der Waals surface area contributed by atoms with Crippen LogP contribution in [0, 0.1) is 0 Å². The molecule has 7 heteroatoms. The molecule has 1 aliphatic rings. The van der Waals surface area contributed by atoms with E-state index in [4.69, 9.17) is 4.42 Å². The number of nitrogens with one attached hydrogen (secondary N) is 2. The van der Waals surface area contributed by atoms with Crippen LogP contribution in [0.1, 0.15) is 36.9 Å². The number of aromatic nitrogens is 3. The molecule has 2 N–H and O–H groups in total. The fourth-order valence-electron chi connectivity index (χ4n) is 3.46. The zero-order chi connectivity index (χ0) is 17.8. The summed E-state index contributed by atoms with van der Waals surface area (Å²) >= 11 is 0. The Balaban J connectivity index is 1.23. The number of benzene rings is 1. The van der Waals surface area contributed by atoms with Gasteiger partial charge in [-0.2, -0.15) is 0 Å². The number of hydrogen-bond acceptors (Lipinski definition) is 4. The van der Waals surface area contributed by atoms with Crippen LogP contribution in [0.3, 0.4) is 0 Å². The Morgan fingerprint density at radius 1 is 1.38 bits per heavy atom. The van der Waals surface area contributed by atoms with Crippen molar-refractivity contribution in [2.24, 2.45) is 0 Å². The summed E-state index contributed by atoms with van der Waals surface area (Å²) in [6.45, 7) is 2.12. The standard InChI is InChI=1S/C19H23N5O2/c25-19(24-12-4-5-14(13-24)18-20-10-11-21-18)22-9-3-8-17-23-15-6-1-2-7-16(15)26-17/h1-2,6-7,10-11,14H,3-5,8-9,12-13H2,(H,20,21)(H,22,25)/t14-/m1/s1. The van der Waals surface area contributed by atoms with E-state index in [-0.39, 0.29) is 6.03 Å². The van der Waals surface area contributed by atoms with Crippen molar-refractivity contribution >= 4 is 17.1 Å². The molecule has 4 rings (SSSR count). The van der Waals surface area contributed by atoms with Gasteiger partial charge in [-0.25, -0.2) is 14.8 Å². The van der Waals surface area contributed by atoms with Gasteiger partial charge < -0.3 is 19.6 Å². The average molecular weight is 353 g/mol. The Hall–Kier alpha value is -2.83. The number of piperidine rings is 1. The number of carbonyl (C=O) groups is 1. The number of aryl methyl sites for hydroxylation is 1. The lowest BCUT2D eigenvalue weighted by Gasteiger charge is -2.31. The summed E-state index contributed by atoms with van der Waals surface area (Å²) in [7, 11) is 0. The molecule has 1 atom stereocenters. The van der Waals surface area contributed by atoms with E-state index < -0.39 is 0 Å². The maximum Gasteiger partial charge on any atom is 0.317 e.